The maximum Gasteiger partial charge on any atom is 0.340 e. The smallest absolute Gasteiger partial charge is 0.340 e. The monoisotopic (exact) mass is 349 g/mol. The van der Waals surface area contributed by atoms with Crippen molar-refractivity contribution in [2.75, 3.05) is 13.2 Å². The number of non-ortho nitro benzene ring substituents is 1. The summed E-state index contributed by atoms with van der Waals surface area (Å²) in [5.41, 5.74) is -0.0207. The average molecular weight is 350 g/mol. The Hall–Kier alpha value is -2.93. The maximum absolute atomic E-state index is 11.9. The van der Waals surface area contributed by atoms with Gasteiger partial charge in [-0.25, -0.2) is 9.59 Å². The lowest BCUT2D eigenvalue weighted by Crippen LogP contribution is -2.14. The van der Waals surface area contributed by atoms with Gasteiger partial charge in [0, 0.05) is 12.1 Å². The van der Waals surface area contributed by atoms with E-state index in [0.717, 1.165) is 6.07 Å². The molecule has 0 fully saturated rings. The van der Waals surface area contributed by atoms with Gasteiger partial charge in [0.1, 0.15) is 13.2 Å². The number of esters is 2. The van der Waals surface area contributed by atoms with Crippen molar-refractivity contribution in [3.63, 3.8) is 0 Å². The van der Waals surface area contributed by atoms with Gasteiger partial charge in [-0.1, -0.05) is 29.8 Å². The highest BCUT2D eigenvalue weighted by Crippen LogP contribution is 2.22. The van der Waals surface area contributed by atoms with Crippen molar-refractivity contribution in [1.29, 1.82) is 0 Å². The second-order valence-corrected chi connectivity index (χ2v) is 4.97. The Morgan fingerprint density at radius 1 is 1.00 bits per heavy atom. The van der Waals surface area contributed by atoms with Crippen molar-refractivity contribution < 1.29 is 24.0 Å². The molecule has 124 valence electrons. The van der Waals surface area contributed by atoms with Crippen LogP contribution >= 0.6 is 11.6 Å². The second kappa shape index (κ2) is 8.07. The zero-order chi connectivity index (χ0) is 17.5. The molecule has 2 aromatic carbocycles. The molecule has 0 amide bonds. The molecule has 0 bridgehead atoms. The van der Waals surface area contributed by atoms with Gasteiger partial charge in [-0.05, 0) is 18.2 Å². The lowest BCUT2D eigenvalue weighted by Gasteiger charge is -2.07. The average Bonchev–Trinajstić information content (AvgIpc) is 2.59. The van der Waals surface area contributed by atoms with Gasteiger partial charge in [-0.15, -0.1) is 0 Å². The number of benzene rings is 2. The Bertz CT molecular complexity index is 762. The molecule has 0 saturated heterocycles. The Morgan fingerprint density at radius 3 is 2.25 bits per heavy atom. The fourth-order valence-corrected chi connectivity index (χ4v) is 1.98. The molecule has 2 rings (SSSR count). The Labute approximate surface area is 141 Å². The van der Waals surface area contributed by atoms with Crippen LogP contribution in [0.25, 0.3) is 0 Å². The number of hydrogen-bond donors (Lipinski definition) is 0. The summed E-state index contributed by atoms with van der Waals surface area (Å²) in [6.45, 7) is -0.345. The van der Waals surface area contributed by atoms with E-state index in [2.05, 4.69) is 0 Å². The molecule has 0 radical (unpaired) electrons. The van der Waals surface area contributed by atoms with Crippen LogP contribution in [0.3, 0.4) is 0 Å². The summed E-state index contributed by atoms with van der Waals surface area (Å²) in [4.78, 5) is 33.6. The number of nitro groups is 1. The standard InChI is InChI=1S/C16H12ClNO6/c17-14-7-6-12(18(21)22)10-13(14)16(20)24-9-8-23-15(19)11-4-2-1-3-5-11/h1-7,10H,8-9H2. The lowest BCUT2D eigenvalue weighted by atomic mass is 10.2. The summed E-state index contributed by atoms with van der Waals surface area (Å²) < 4.78 is 9.86. The van der Waals surface area contributed by atoms with Gasteiger partial charge >= 0.3 is 11.9 Å². The molecule has 7 nitrogen and oxygen atoms in total. The summed E-state index contributed by atoms with van der Waals surface area (Å²) in [6, 6.07) is 11.8. The predicted octanol–water partition coefficient (Wildman–Crippen LogP) is 3.26. The predicted molar refractivity (Wildman–Crippen MR) is 85.1 cm³/mol. The zero-order valence-corrected chi connectivity index (χ0v) is 13.1. The van der Waals surface area contributed by atoms with E-state index in [9.17, 15) is 19.7 Å². The van der Waals surface area contributed by atoms with Gasteiger partial charge in [0.2, 0.25) is 0 Å². The Kier molecular flexibility index (Phi) is 5.86. The largest absolute Gasteiger partial charge is 0.458 e. The first-order chi connectivity index (χ1) is 11.5. The molecule has 0 atom stereocenters. The van der Waals surface area contributed by atoms with Gasteiger partial charge in [0.05, 0.1) is 21.1 Å². The third kappa shape index (κ3) is 4.53. The second-order valence-electron chi connectivity index (χ2n) is 4.56. The molecular weight excluding hydrogens is 338 g/mol. The number of nitrogens with zero attached hydrogens (tertiary/aromatic N) is 1. The highest BCUT2D eigenvalue weighted by atomic mass is 35.5. The van der Waals surface area contributed by atoms with Crippen LogP contribution < -0.4 is 0 Å². The third-order valence-corrected chi connectivity index (χ3v) is 3.27. The molecule has 0 aliphatic rings. The van der Waals surface area contributed by atoms with Crippen molar-refractivity contribution in [3.05, 3.63) is 74.8 Å². The topological polar surface area (TPSA) is 95.7 Å². The quantitative estimate of drug-likeness (QED) is 0.344. The molecule has 8 heteroatoms. The molecule has 24 heavy (non-hydrogen) atoms. The van der Waals surface area contributed by atoms with E-state index in [4.69, 9.17) is 21.1 Å². The van der Waals surface area contributed by atoms with Crippen LogP contribution in [-0.4, -0.2) is 30.1 Å². The fourth-order valence-electron chi connectivity index (χ4n) is 1.79. The number of carbonyl (C=O) groups is 2. The molecule has 0 heterocycles. The van der Waals surface area contributed by atoms with Crippen molar-refractivity contribution in [3.8, 4) is 0 Å². The van der Waals surface area contributed by atoms with Gasteiger partial charge in [-0.2, -0.15) is 0 Å². The van der Waals surface area contributed by atoms with Crippen LogP contribution in [0.5, 0.6) is 0 Å². The first kappa shape index (κ1) is 17.4. The lowest BCUT2D eigenvalue weighted by molar-refractivity contribution is -0.384. The number of ether oxygens (including phenoxy) is 2. The summed E-state index contributed by atoms with van der Waals surface area (Å²) in [7, 11) is 0. The minimum absolute atomic E-state index is 0.0341. The van der Waals surface area contributed by atoms with Crippen LogP contribution in [0.2, 0.25) is 5.02 Å². The highest BCUT2D eigenvalue weighted by molar-refractivity contribution is 6.33. The van der Waals surface area contributed by atoms with E-state index >= 15 is 0 Å². The Morgan fingerprint density at radius 2 is 1.62 bits per heavy atom. The van der Waals surface area contributed by atoms with E-state index < -0.39 is 16.9 Å². The zero-order valence-electron chi connectivity index (χ0n) is 12.3. The third-order valence-electron chi connectivity index (χ3n) is 2.94. The summed E-state index contributed by atoms with van der Waals surface area (Å²) in [5.74, 6) is -1.38. The first-order valence-electron chi connectivity index (χ1n) is 6.82. The highest BCUT2D eigenvalue weighted by Gasteiger charge is 2.17. The summed E-state index contributed by atoms with van der Waals surface area (Å²) in [6.07, 6.45) is 0. The normalized spacial score (nSPS) is 10.0. The molecule has 0 unspecified atom stereocenters. The van der Waals surface area contributed by atoms with Crippen molar-refractivity contribution in [1.82, 2.24) is 0 Å². The number of nitro benzene ring substituents is 1. The van der Waals surface area contributed by atoms with Crippen molar-refractivity contribution >= 4 is 29.2 Å². The van der Waals surface area contributed by atoms with Gasteiger partial charge in [-0.3, -0.25) is 10.1 Å². The van der Waals surface area contributed by atoms with Crippen molar-refractivity contribution in [2.45, 2.75) is 0 Å². The van der Waals surface area contributed by atoms with E-state index in [0.29, 0.717) is 5.56 Å². The van der Waals surface area contributed by atoms with E-state index in [1.165, 1.54) is 12.1 Å². The van der Waals surface area contributed by atoms with Gasteiger partial charge in [0.25, 0.3) is 5.69 Å². The molecule has 0 saturated carbocycles. The number of hydrogen-bond acceptors (Lipinski definition) is 6. The van der Waals surface area contributed by atoms with Crippen LogP contribution in [0.4, 0.5) is 5.69 Å². The summed E-state index contributed by atoms with van der Waals surface area (Å²) >= 11 is 5.83. The van der Waals surface area contributed by atoms with Gasteiger partial charge in [0.15, 0.2) is 0 Å². The SMILES string of the molecule is O=C(OCCOC(=O)c1cc([N+](=O)[O-])ccc1Cl)c1ccccc1. The molecular formula is C16H12ClNO6. The fraction of sp³-hybridized carbons (Fsp3) is 0.125. The molecule has 0 N–H and O–H groups in total. The van der Waals surface area contributed by atoms with Gasteiger partial charge < -0.3 is 9.47 Å². The van der Waals surface area contributed by atoms with E-state index in [1.807, 2.05) is 0 Å². The van der Waals surface area contributed by atoms with Crippen LogP contribution in [0.15, 0.2) is 48.5 Å². The number of halogens is 1. The Balaban J connectivity index is 1.86. The number of rotatable bonds is 6. The first-order valence-corrected chi connectivity index (χ1v) is 7.20. The summed E-state index contributed by atoms with van der Waals surface area (Å²) in [5, 5.41) is 10.7. The van der Waals surface area contributed by atoms with Crippen LogP contribution in [-0.2, 0) is 9.47 Å². The number of carbonyl (C=O) groups excluding carboxylic acids is 2. The van der Waals surface area contributed by atoms with E-state index in [1.54, 1.807) is 30.3 Å². The molecule has 0 aliphatic carbocycles. The van der Waals surface area contributed by atoms with Crippen molar-refractivity contribution in [2.24, 2.45) is 0 Å². The molecule has 0 spiro atoms. The van der Waals surface area contributed by atoms with Crippen LogP contribution in [0.1, 0.15) is 20.7 Å². The minimum Gasteiger partial charge on any atom is -0.458 e. The minimum atomic E-state index is -0.834. The molecule has 2 aromatic rings. The van der Waals surface area contributed by atoms with E-state index in [-0.39, 0.29) is 29.5 Å². The molecule has 0 aliphatic heterocycles. The molecule has 0 aromatic heterocycles. The van der Waals surface area contributed by atoms with Crippen LogP contribution in [0, 0.1) is 10.1 Å². The maximum atomic E-state index is 11.9.